The number of ether oxygens (including phenoxy) is 1. The number of fused-ring (bicyclic) bond motifs is 1. The third kappa shape index (κ3) is 6.53. The molecule has 0 aliphatic carbocycles. The molecule has 3 atom stereocenters. The Balaban J connectivity index is 1.68. The zero-order chi connectivity index (χ0) is 30.1. The Kier molecular flexibility index (Phi) is 8.73. The third-order valence-electron chi connectivity index (χ3n) is 6.83. The lowest BCUT2D eigenvalue weighted by atomic mass is 9.99. The van der Waals surface area contributed by atoms with Crippen LogP contribution in [-0.2, 0) is 27.1 Å². The summed E-state index contributed by atoms with van der Waals surface area (Å²) in [6, 6.07) is 7.83. The van der Waals surface area contributed by atoms with Crippen molar-refractivity contribution in [1.29, 1.82) is 0 Å². The maximum atomic E-state index is 13.6. The second-order valence-electron chi connectivity index (χ2n) is 10.1. The Labute approximate surface area is 238 Å². The van der Waals surface area contributed by atoms with E-state index in [1.54, 1.807) is 14.0 Å². The summed E-state index contributed by atoms with van der Waals surface area (Å²) in [4.78, 5) is 18.9. The maximum Gasteiger partial charge on any atom is 0.261 e. The Hall–Kier alpha value is -3.53. The SMILES string of the molecule is C[C@H]1CN([C@@H](C)CO)C(=O)c2cc(NS(=O)(=O)c3ccc(F)cc3)ccc2O[C@H]1CN(C)S(=O)(=O)c1cn(C)cn1. The van der Waals surface area contributed by atoms with Crippen LogP contribution in [0.2, 0.25) is 0 Å². The highest BCUT2D eigenvalue weighted by Crippen LogP contribution is 2.32. The van der Waals surface area contributed by atoms with Crippen LogP contribution in [0, 0.1) is 11.7 Å². The predicted octanol–water partition coefficient (Wildman–Crippen LogP) is 1.90. The van der Waals surface area contributed by atoms with E-state index in [0.717, 1.165) is 28.6 Å². The average molecular weight is 610 g/mol. The molecule has 0 radical (unpaired) electrons. The number of likely N-dealkylation sites (N-methyl/N-ethyl adjacent to an activating group) is 1. The molecule has 222 valence electrons. The summed E-state index contributed by atoms with van der Waals surface area (Å²) >= 11 is 0. The zero-order valence-corrected chi connectivity index (χ0v) is 24.6. The number of aliphatic hydroxyl groups excluding tert-OH is 1. The largest absolute Gasteiger partial charge is 0.488 e. The number of aromatic nitrogens is 2. The molecule has 1 aliphatic rings. The van der Waals surface area contributed by atoms with Gasteiger partial charge in [-0.2, -0.15) is 4.31 Å². The number of benzene rings is 2. The van der Waals surface area contributed by atoms with Gasteiger partial charge in [0.25, 0.3) is 26.0 Å². The van der Waals surface area contributed by atoms with Crippen molar-refractivity contribution in [2.75, 3.05) is 31.5 Å². The molecule has 0 unspecified atom stereocenters. The Morgan fingerprint density at radius 3 is 2.49 bits per heavy atom. The highest BCUT2D eigenvalue weighted by molar-refractivity contribution is 7.92. The number of carbonyl (C=O) groups excluding carboxylic acids is 1. The van der Waals surface area contributed by atoms with Gasteiger partial charge in [0.15, 0.2) is 5.03 Å². The molecular weight excluding hydrogens is 577 g/mol. The van der Waals surface area contributed by atoms with E-state index in [4.69, 9.17) is 4.74 Å². The summed E-state index contributed by atoms with van der Waals surface area (Å²) in [5, 5.41) is 9.74. The number of amides is 1. The molecular formula is C26H32FN5O7S2. The summed E-state index contributed by atoms with van der Waals surface area (Å²) in [6.07, 6.45) is 2.05. The quantitative estimate of drug-likeness (QED) is 0.373. The van der Waals surface area contributed by atoms with Crippen LogP contribution in [0.1, 0.15) is 24.2 Å². The lowest BCUT2D eigenvalue weighted by Crippen LogP contribution is -2.50. The first-order chi connectivity index (χ1) is 19.2. The molecule has 2 aromatic carbocycles. The molecule has 1 aromatic heterocycles. The van der Waals surface area contributed by atoms with Crippen LogP contribution in [-0.4, -0.2) is 85.5 Å². The minimum atomic E-state index is -4.10. The first kappa shape index (κ1) is 30.4. The number of sulfonamides is 2. The summed E-state index contributed by atoms with van der Waals surface area (Å²) in [5.41, 5.74) is 0.0818. The molecule has 2 heterocycles. The molecule has 0 saturated heterocycles. The summed E-state index contributed by atoms with van der Waals surface area (Å²) in [6.45, 7) is 3.21. The number of imidazole rings is 1. The number of anilines is 1. The smallest absolute Gasteiger partial charge is 0.261 e. The summed E-state index contributed by atoms with van der Waals surface area (Å²) < 4.78 is 76.5. The first-order valence-electron chi connectivity index (χ1n) is 12.7. The molecule has 12 nitrogen and oxygen atoms in total. The number of nitrogens with zero attached hydrogens (tertiary/aromatic N) is 4. The van der Waals surface area contributed by atoms with Gasteiger partial charge in [0.2, 0.25) is 0 Å². The van der Waals surface area contributed by atoms with Gasteiger partial charge in [-0.15, -0.1) is 0 Å². The fraction of sp³-hybridized carbons (Fsp3) is 0.385. The van der Waals surface area contributed by atoms with Gasteiger partial charge < -0.3 is 19.3 Å². The molecule has 4 rings (SSSR count). The molecule has 3 aromatic rings. The van der Waals surface area contributed by atoms with Crippen molar-refractivity contribution in [3.8, 4) is 5.75 Å². The molecule has 0 fully saturated rings. The van der Waals surface area contributed by atoms with Crippen molar-refractivity contribution in [2.24, 2.45) is 13.0 Å². The first-order valence-corrected chi connectivity index (χ1v) is 15.6. The van der Waals surface area contributed by atoms with Crippen molar-refractivity contribution in [3.63, 3.8) is 0 Å². The van der Waals surface area contributed by atoms with Gasteiger partial charge in [-0.25, -0.2) is 26.2 Å². The monoisotopic (exact) mass is 609 g/mol. The number of carbonyl (C=O) groups is 1. The van der Waals surface area contributed by atoms with Gasteiger partial charge in [-0.05, 0) is 49.4 Å². The second kappa shape index (κ2) is 11.8. The van der Waals surface area contributed by atoms with Crippen LogP contribution in [0.4, 0.5) is 10.1 Å². The van der Waals surface area contributed by atoms with E-state index in [1.807, 2.05) is 6.92 Å². The molecule has 0 saturated carbocycles. The topological polar surface area (TPSA) is 151 Å². The highest BCUT2D eigenvalue weighted by atomic mass is 32.2. The minimum absolute atomic E-state index is 0.0248. The van der Waals surface area contributed by atoms with Crippen LogP contribution in [0.3, 0.4) is 0 Å². The van der Waals surface area contributed by atoms with Gasteiger partial charge >= 0.3 is 0 Å². The van der Waals surface area contributed by atoms with Crippen molar-refractivity contribution in [3.05, 3.63) is 66.4 Å². The molecule has 2 N–H and O–H groups in total. The predicted molar refractivity (Wildman–Crippen MR) is 148 cm³/mol. The van der Waals surface area contributed by atoms with E-state index >= 15 is 0 Å². The average Bonchev–Trinajstić information content (AvgIpc) is 3.37. The fourth-order valence-corrected chi connectivity index (χ4v) is 6.56. The van der Waals surface area contributed by atoms with Gasteiger partial charge in [-0.1, -0.05) is 6.92 Å². The number of aliphatic hydroxyl groups is 1. The fourth-order valence-electron chi connectivity index (χ4n) is 4.37. The third-order valence-corrected chi connectivity index (χ3v) is 9.94. The number of hydrogen-bond acceptors (Lipinski definition) is 8. The van der Waals surface area contributed by atoms with Crippen molar-refractivity contribution in [1.82, 2.24) is 18.8 Å². The van der Waals surface area contributed by atoms with Crippen LogP contribution < -0.4 is 9.46 Å². The summed E-state index contributed by atoms with van der Waals surface area (Å²) in [7, 11) is -4.98. The molecule has 41 heavy (non-hydrogen) atoms. The van der Waals surface area contributed by atoms with E-state index in [0.29, 0.717) is 0 Å². The van der Waals surface area contributed by atoms with E-state index < -0.39 is 43.9 Å². The maximum absolute atomic E-state index is 13.6. The number of aryl methyl sites for hydroxylation is 1. The minimum Gasteiger partial charge on any atom is -0.488 e. The lowest BCUT2D eigenvalue weighted by molar-refractivity contribution is 0.0387. The Morgan fingerprint density at radius 1 is 1.20 bits per heavy atom. The van der Waals surface area contributed by atoms with Crippen molar-refractivity contribution < 1.29 is 35.9 Å². The van der Waals surface area contributed by atoms with Gasteiger partial charge in [-0.3, -0.25) is 9.52 Å². The number of nitrogens with one attached hydrogen (secondary N) is 1. The Bertz CT molecular complexity index is 1630. The molecule has 0 bridgehead atoms. The number of halogens is 1. The lowest BCUT2D eigenvalue weighted by Gasteiger charge is -2.38. The molecule has 0 spiro atoms. The highest BCUT2D eigenvalue weighted by Gasteiger charge is 2.36. The van der Waals surface area contributed by atoms with E-state index in [-0.39, 0.29) is 52.5 Å². The van der Waals surface area contributed by atoms with E-state index in [2.05, 4.69) is 9.71 Å². The van der Waals surface area contributed by atoms with Crippen molar-refractivity contribution in [2.45, 2.75) is 35.9 Å². The summed E-state index contributed by atoms with van der Waals surface area (Å²) in [5.74, 6) is -1.33. The van der Waals surface area contributed by atoms with Crippen LogP contribution in [0.5, 0.6) is 5.75 Å². The molecule has 1 amide bonds. The van der Waals surface area contributed by atoms with Gasteiger partial charge in [0, 0.05) is 38.4 Å². The van der Waals surface area contributed by atoms with Crippen LogP contribution >= 0.6 is 0 Å². The molecule has 15 heteroatoms. The zero-order valence-electron chi connectivity index (χ0n) is 22.9. The van der Waals surface area contributed by atoms with Crippen LogP contribution in [0.25, 0.3) is 0 Å². The Morgan fingerprint density at radius 2 is 1.88 bits per heavy atom. The second-order valence-corrected chi connectivity index (χ2v) is 13.7. The van der Waals surface area contributed by atoms with Crippen molar-refractivity contribution >= 4 is 31.6 Å². The molecule has 1 aliphatic heterocycles. The van der Waals surface area contributed by atoms with E-state index in [1.165, 1.54) is 47.2 Å². The standard InChI is InChI=1S/C26H32FN5O7S2/c1-17-12-32(18(2)15-33)26(34)22-11-20(29-40(35,36)21-8-5-19(27)6-9-21)7-10-23(22)39-24(17)13-31(4)41(37,38)25-14-30(3)16-28-25/h5-11,14,16-18,24,29,33H,12-13,15H2,1-4H3/t17-,18-,24-/m0/s1. The van der Waals surface area contributed by atoms with E-state index in [9.17, 15) is 31.1 Å². The number of hydrogen-bond donors (Lipinski definition) is 2. The number of rotatable bonds is 9. The van der Waals surface area contributed by atoms with Gasteiger partial charge in [0.05, 0.1) is 36.0 Å². The van der Waals surface area contributed by atoms with Crippen LogP contribution in [0.15, 0.2) is 64.9 Å². The normalized spacial score (nSPS) is 18.8. The van der Waals surface area contributed by atoms with Gasteiger partial charge in [0.1, 0.15) is 17.7 Å².